The first-order chi connectivity index (χ1) is 6.69. The zero-order chi connectivity index (χ0) is 10.6. The predicted octanol–water partition coefficient (Wildman–Crippen LogP) is 3.61. The summed E-state index contributed by atoms with van der Waals surface area (Å²) < 4.78 is 0. The summed E-state index contributed by atoms with van der Waals surface area (Å²) in [4.78, 5) is 0. The van der Waals surface area contributed by atoms with Gasteiger partial charge in [-0.15, -0.1) is 0 Å². The van der Waals surface area contributed by atoms with Crippen LogP contribution in [0.4, 0.5) is 0 Å². The Morgan fingerprint density at radius 3 is 1.79 bits per heavy atom. The fourth-order valence-corrected chi connectivity index (χ4v) is 3.11. The summed E-state index contributed by atoms with van der Waals surface area (Å²) in [7, 11) is 0. The van der Waals surface area contributed by atoms with Crippen molar-refractivity contribution in [2.24, 2.45) is 17.8 Å². The number of rotatable bonds is 4. The minimum atomic E-state index is -0.00824. The average molecular weight is 198 g/mol. The number of hydrogen-bond acceptors (Lipinski definition) is 1. The Labute approximate surface area is 88.9 Å². The van der Waals surface area contributed by atoms with Crippen molar-refractivity contribution in [1.82, 2.24) is 0 Å². The molecule has 2 unspecified atom stereocenters. The molecule has 1 heteroatoms. The molecule has 1 fully saturated rings. The van der Waals surface area contributed by atoms with Crippen LogP contribution in [0, 0.1) is 17.8 Å². The summed E-state index contributed by atoms with van der Waals surface area (Å²) in [5, 5.41) is 10.2. The maximum absolute atomic E-state index is 10.2. The third-order valence-corrected chi connectivity index (χ3v) is 3.70. The van der Waals surface area contributed by atoms with Crippen molar-refractivity contribution in [1.29, 1.82) is 0 Å². The van der Waals surface area contributed by atoms with E-state index in [2.05, 4.69) is 20.8 Å². The minimum absolute atomic E-state index is 0.00824. The molecule has 0 aromatic carbocycles. The van der Waals surface area contributed by atoms with Crippen LogP contribution in [0.5, 0.6) is 0 Å². The standard InChI is InChI=1S/C13H26O/c1-4-6-11-8-10(3)9-12(7-5-2)13(11)14/h10-14H,4-9H2,1-3H3. The summed E-state index contributed by atoms with van der Waals surface area (Å²) >= 11 is 0. The van der Waals surface area contributed by atoms with E-state index in [1.807, 2.05) is 0 Å². The highest BCUT2D eigenvalue weighted by atomic mass is 16.3. The highest BCUT2D eigenvalue weighted by molar-refractivity contribution is 4.84. The second-order valence-electron chi connectivity index (χ2n) is 5.16. The summed E-state index contributed by atoms with van der Waals surface area (Å²) in [6.07, 6.45) is 7.34. The van der Waals surface area contributed by atoms with Crippen molar-refractivity contribution in [3.8, 4) is 0 Å². The molecular weight excluding hydrogens is 172 g/mol. The molecule has 0 aliphatic heterocycles. The van der Waals surface area contributed by atoms with Crippen molar-refractivity contribution >= 4 is 0 Å². The van der Waals surface area contributed by atoms with Gasteiger partial charge in [-0.05, 0) is 43.4 Å². The van der Waals surface area contributed by atoms with E-state index in [1.165, 1.54) is 38.5 Å². The van der Waals surface area contributed by atoms with Gasteiger partial charge in [0.05, 0.1) is 6.10 Å². The van der Waals surface area contributed by atoms with E-state index in [9.17, 15) is 5.11 Å². The van der Waals surface area contributed by atoms with Gasteiger partial charge in [-0.2, -0.15) is 0 Å². The third kappa shape index (κ3) is 2.98. The molecular formula is C13H26O. The van der Waals surface area contributed by atoms with Crippen LogP contribution in [0.25, 0.3) is 0 Å². The Morgan fingerprint density at radius 2 is 1.43 bits per heavy atom. The van der Waals surface area contributed by atoms with Crippen molar-refractivity contribution in [3.63, 3.8) is 0 Å². The summed E-state index contributed by atoms with van der Waals surface area (Å²) in [6, 6.07) is 0. The topological polar surface area (TPSA) is 20.2 Å². The molecule has 1 nitrogen and oxygen atoms in total. The Bertz CT molecular complexity index is 139. The van der Waals surface area contributed by atoms with Crippen LogP contribution in [-0.4, -0.2) is 11.2 Å². The molecule has 84 valence electrons. The van der Waals surface area contributed by atoms with E-state index in [4.69, 9.17) is 0 Å². The van der Waals surface area contributed by atoms with Crippen molar-refractivity contribution in [2.75, 3.05) is 0 Å². The quantitative estimate of drug-likeness (QED) is 0.731. The van der Waals surface area contributed by atoms with E-state index < -0.39 is 0 Å². The first kappa shape index (κ1) is 12.0. The van der Waals surface area contributed by atoms with E-state index in [0.717, 1.165) is 5.92 Å². The fourth-order valence-electron chi connectivity index (χ4n) is 3.11. The lowest BCUT2D eigenvalue weighted by Gasteiger charge is -2.38. The highest BCUT2D eigenvalue weighted by Gasteiger charge is 2.33. The van der Waals surface area contributed by atoms with Crippen LogP contribution in [0.3, 0.4) is 0 Å². The molecule has 0 amide bonds. The third-order valence-electron chi connectivity index (χ3n) is 3.70. The molecule has 0 aromatic heterocycles. The van der Waals surface area contributed by atoms with Crippen molar-refractivity contribution < 1.29 is 5.11 Å². The zero-order valence-corrected chi connectivity index (χ0v) is 10.00. The molecule has 0 radical (unpaired) electrons. The number of aliphatic hydroxyl groups is 1. The van der Waals surface area contributed by atoms with Gasteiger partial charge in [-0.25, -0.2) is 0 Å². The Balaban J connectivity index is 2.51. The van der Waals surface area contributed by atoms with Crippen molar-refractivity contribution in [2.45, 2.75) is 65.4 Å². The maximum atomic E-state index is 10.2. The Morgan fingerprint density at radius 1 is 1.00 bits per heavy atom. The second kappa shape index (κ2) is 5.75. The maximum Gasteiger partial charge on any atom is 0.0596 e. The van der Waals surface area contributed by atoms with Gasteiger partial charge in [0, 0.05) is 0 Å². The van der Waals surface area contributed by atoms with Crippen LogP contribution in [0.2, 0.25) is 0 Å². The molecule has 0 spiro atoms. The van der Waals surface area contributed by atoms with Gasteiger partial charge in [0.15, 0.2) is 0 Å². The number of hydrogen-bond donors (Lipinski definition) is 1. The van der Waals surface area contributed by atoms with E-state index >= 15 is 0 Å². The molecule has 0 bridgehead atoms. The monoisotopic (exact) mass is 198 g/mol. The van der Waals surface area contributed by atoms with Crippen LogP contribution >= 0.6 is 0 Å². The summed E-state index contributed by atoms with van der Waals surface area (Å²) in [5.74, 6) is 1.99. The van der Waals surface area contributed by atoms with E-state index in [-0.39, 0.29) is 6.10 Å². The fraction of sp³-hybridized carbons (Fsp3) is 1.00. The van der Waals surface area contributed by atoms with E-state index in [1.54, 1.807) is 0 Å². The van der Waals surface area contributed by atoms with Gasteiger partial charge >= 0.3 is 0 Å². The van der Waals surface area contributed by atoms with Gasteiger partial charge < -0.3 is 5.11 Å². The first-order valence-electron chi connectivity index (χ1n) is 6.37. The smallest absolute Gasteiger partial charge is 0.0596 e. The molecule has 1 saturated carbocycles. The lowest BCUT2D eigenvalue weighted by atomic mass is 9.71. The van der Waals surface area contributed by atoms with Gasteiger partial charge in [0.25, 0.3) is 0 Å². The lowest BCUT2D eigenvalue weighted by Crippen LogP contribution is -2.36. The first-order valence-corrected chi connectivity index (χ1v) is 6.37. The van der Waals surface area contributed by atoms with Crippen LogP contribution in [0.1, 0.15) is 59.3 Å². The Kier molecular flexibility index (Phi) is 4.94. The van der Waals surface area contributed by atoms with Crippen LogP contribution in [-0.2, 0) is 0 Å². The molecule has 0 heterocycles. The SMILES string of the molecule is CCCC1CC(C)CC(CCC)C1O. The summed E-state index contributed by atoms with van der Waals surface area (Å²) in [5.41, 5.74) is 0. The van der Waals surface area contributed by atoms with Crippen LogP contribution in [0.15, 0.2) is 0 Å². The van der Waals surface area contributed by atoms with Gasteiger partial charge in [0.2, 0.25) is 0 Å². The molecule has 1 rings (SSSR count). The molecule has 0 aromatic rings. The molecule has 1 aliphatic carbocycles. The average Bonchev–Trinajstić information content (AvgIpc) is 2.14. The lowest BCUT2D eigenvalue weighted by molar-refractivity contribution is -0.00790. The highest BCUT2D eigenvalue weighted by Crippen LogP contribution is 2.37. The normalized spacial score (nSPS) is 38.6. The summed E-state index contributed by atoms with van der Waals surface area (Å²) in [6.45, 7) is 6.79. The zero-order valence-electron chi connectivity index (χ0n) is 10.00. The molecule has 14 heavy (non-hydrogen) atoms. The van der Waals surface area contributed by atoms with Crippen molar-refractivity contribution in [3.05, 3.63) is 0 Å². The van der Waals surface area contributed by atoms with E-state index in [0.29, 0.717) is 11.8 Å². The van der Waals surface area contributed by atoms with Gasteiger partial charge in [0.1, 0.15) is 0 Å². The molecule has 1 aliphatic rings. The Hall–Kier alpha value is -0.0400. The molecule has 1 N–H and O–H groups in total. The molecule has 2 atom stereocenters. The largest absolute Gasteiger partial charge is 0.393 e. The molecule has 0 saturated heterocycles. The number of aliphatic hydroxyl groups excluding tert-OH is 1. The van der Waals surface area contributed by atoms with Gasteiger partial charge in [-0.1, -0.05) is 33.6 Å². The second-order valence-corrected chi connectivity index (χ2v) is 5.16. The minimum Gasteiger partial charge on any atom is -0.393 e. The predicted molar refractivity (Wildman–Crippen MR) is 61.2 cm³/mol. The van der Waals surface area contributed by atoms with Crippen LogP contribution < -0.4 is 0 Å². The van der Waals surface area contributed by atoms with Gasteiger partial charge in [-0.3, -0.25) is 0 Å².